The van der Waals surface area contributed by atoms with Crippen LogP contribution in [0.3, 0.4) is 0 Å². The van der Waals surface area contributed by atoms with Crippen molar-refractivity contribution in [2.75, 3.05) is 13.2 Å². The van der Waals surface area contributed by atoms with Crippen molar-refractivity contribution in [3.8, 4) is 0 Å². The fourth-order valence-corrected chi connectivity index (χ4v) is 9.27. The Balaban J connectivity index is 4.42. The van der Waals surface area contributed by atoms with Gasteiger partial charge in [0.05, 0.1) is 0 Å². The second-order valence-electron chi connectivity index (χ2n) is 21.6. The zero-order valence-electron chi connectivity index (χ0n) is 50.3. The zero-order valence-corrected chi connectivity index (χ0v) is 50.3. The Bertz CT molecular complexity index is 1450. The topological polar surface area (TPSA) is 78.9 Å². The maximum Gasteiger partial charge on any atom is 0.306 e. The lowest BCUT2D eigenvalue weighted by Gasteiger charge is -2.18. The lowest BCUT2D eigenvalue weighted by atomic mass is 10.0. The number of allylic oxidation sites excluding steroid dienone is 14. The van der Waals surface area contributed by atoms with E-state index in [4.69, 9.17) is 14.2 Å². The van der Waals surface area contributed by atoms with Crippen molar-refractivity contribution < 1.29 is 28.6 Å². The molecule has 0 aromatic carbocycles. The van der Waals surface area contributed by atoms with Crippen LogP contribution in [0.5, 0.6) is 0 Å². The van der Waals surface area contributed by atoms with Gasteiger partial charge in [-0.15, -0.1) is 0 Å². The second kappa shape index (κ2) is 64.1. The molecule has 0 N–H and O–H groups in total. The third-order valence-corrected chi connectivity index (χ3v) is 14.1. The lowest BCUT2D eigenvalue weighted by Crippen LogP contribution is -2.30. The number of carbonyl (C=O) groups is 3. The highest BCUT2D eigenvalue weighted by Crippen LogP contribution is 2.17. The van der Waals surface area contributed by atoms with Gasteiger partial charge in [-0.05, 0) is 96.3 Å². The van der Waals surface area contributed by atoms with Crippen molar-refractivity contribution >= 4 is 17.9 Å². The monoisotopic (exact) mass is 1060 g/mol. The van der Waals surface area contributed by atoms with Crippen LogP contribution in [0.15, 0.2) is 85.1 Å². The third-order valence-electron chi connectivity index (χ3n) is 14.1. The number of ether oxygens (including phenoxy) is 3. The highest BCUT2D eigenvalue weighted by molar-refractivity contribution is 5.71. The number of esters is 3. The maximum atomic E-state index is 12.9. The van der Waals surface area contributed by atoms with E-state index in [0.29, 0.717) is 19.3 Å². The van der Waals surface area contributed by atoms with Crippen LogP contribution in [0.1, 0.15) is 323 Å². The van der Waals surface area contributed by atoms with Crippen molar-refractivity contribution in [3.05, 3.63) is 85.1 Å². The molecule has 1 atom stereocenters. The summed E-state index contributed by atoms with van der Waals surface area (Å²) in [5.74, 6) is -0.909. The summed E-state index contributed by atoms with van der Waals surface area (Å²) < 4.78 is 16.9. The summed E-state index contributed by atoms with van der Waals surface area (Å²) in [5.41, 5.74) is 0. The van der Waals surface area contributed by atoms with Crippen LogP contribution in [0.25, 0.3) is 0 Å². The van der Waals surface area contributed by atoms with Gasteiger partial charge in [0.15, 0.2) is 6.10 Å². The average molecular weight is 1060 g/mol. The van der Waals surface area contributed by atoms with E-state index in [-0.39, 0.29) is 31.1 Å². The first-order chi connectivity index (χ1) is 37.5. The van der Waals surface area contributed by atoms with Gasteiger partial charge >= 0.3 is 17.9 Å². The van der Waals surface area contributed by atoms with Gasteiger partial charge in [0.25, 0.3) is 0 Å². The van der Waals surface area contributed by atoms with Crippen LogP contribution in [0, 0.1) is 0 Å². The van der Waals surface area contributed by atoms with E-state index in [1.165, 1.54) is 167 Å². The molecule has 0 saturated heterocycles. The highest BCUT2D eigenvalue weighted by atomic mass is 16.6. The minimum Gasteiger partial charge on any atom is -0.462 e. The molecule has 0 aromatic heterocycles. The molecule has 0 heterocycles. The summed E-state index contributed by atoms with van der Waals surface area (Å²) >= 11 is 0. The molecule has 6 heteroatoms. The predicted molar refractivity (Wildman–Crippen MR) is 330 cm³/mol. The largest absolute Gasteiger partial charge is 0.462 e. The SMILES string of the molecule is CC/C=C\C/C=C\C/C=C\C/C=C\CCCCCCC(=O)OCC(COC(=O)CCCCCCCC/C=C\C/C=C\C/C=C\CCCCCCC)OC(=O)CCCCCCCCCCCCCCCCCCCCCC. The van der Waals surface area contributed by atoms with E-state index < -0.39 is 6.10 Å². The molecular formula is C70H122O6. The van der Waals surface area contributed by atoms with E-state index in [0.717, 1.165) is 116 Å². The molecule has 0 spiro atoms. The van der Waals surface area contributed by atoms with Crippen LogP contribution < -0.4 is 0 Å². The molecule has 0 saturated carbocycles. The average Bonchev–Trinajstić information content (AvgIpc) is 3.42. The molecular weight excluding hydrogens is 937 g/mol. The molecule has 0 aliphatic rings. The van der Waals surface area contributed by atoms with Gasteiger partial charge in [-0.3, -0.25) is 14.4 Å². The summed E-state index contributed by atoms with van der Waals surface area (Å²) in [7, 11) is 0. The van der Waals surface area contributed by atoms with Crippen LogP contribution in [-0.4, -0.2) is 37.2 Å². The number of carbonyl (C=O) groups excluding carboxylic acids is 3. The summed E-state index contributed by atoms with van der Waals surface area (Å²) in [6.07, 6.45) is 84.4. The molecule has 1 unspecified atom stereocenters. The third kappa shape index (κ3) is 61.4. The zero-order chi connectivity index (χ0) is 55.0. The molecule has 0 aliphatic carbocycles. The fraction of sp³-hybridized carbons (Fsp3) is 0.757. The van der Waals surface area contributed by atoms with Gasteiger partial charge in [-0.1, -0.05) is 292 Å². The molecule has 0 aromatic rings. The second-order valence-corrected chi connectivity index (χ2v) is 21.6. The Kier molecular flexibility index (Phi) is 61.2. The van der Waals surface area contributed by atoms with Gasteiger partial charge in [-0.2, -0.15) is 0 Å². The van der Waals surface area contributed by atoms with E-state index in [1.54, 1.807) is 0 Å². The van der Waals surface area contributed by atoms with Crippen LogP contribution in [0.4, 0.5) is 0 Å². The van der Waals surface area contributed by atoms with Crippen molar-refractivity contribution in [1.82, 2.24) is 0 Å². The Hall–Kier alpha value is -3.41. The molecule has 0 rings (SSSR count). The number of rotatable bonds is 59. The van der Waals surface area contributed by atoms with Gasteiger partial charge in [0.1, 0.15) is 13.2 Å². The van der Waals surface area contributed by atoms with Crippen molar-refractivity contribution in [1.29, 1.82) is 0 Å². The van der Waals surface area contributed by atoms with Crippen molar-refractivity contribution in [2.24, 2.45) is 0 Å². The Morgan fingerprint density at radius 1 is 0.276 bits per heavy atom. The molecule has 76 heavy (non-hydrogen) atoms. The number of hydrogen-bond acceptors (Lipinski definition) is 6. The Labute approximate surface area is 471 Å². The molecule has 6 nitrogen and oxygen atoms in total. The van der Waals surface area contributed by atoms with Crippen LogP contribution in [-0.2, 0) is 28.6 Å². The van der Waals surface area contributed by atoms with Gasteiger partial charge in [0, 0.05) is 19.3 Å². The van der Waals surface area contributed by atoms with Crippen molar-refractivity contribution in [3.63, 3.8) is 0 Å². The quantitative estimate of drug-likeness (QED) is 0.0261. The normalized spacial score (nSPS) is 12.6. The summed E-state index contributed by atoms with van der Waals surface area (Å²) in [6.45, 7) is 6.53. The molecule has 0 bridgehead atoms. The summed E-state index contributed by atoms with van der Waals surface area (Å²) in [6, 6.07) is 0. The standard InChI is InChI=1S/C70H122O6/c1-4-7-10-13-16-19-22-25-28-31-33-35-37-39-42-45-48-51-54-57-60-63-69(72)75-66-67(65-74-68(71)62-59-56-53-50-47-44-41-38-30-27-24-21-18-15-12-9-6-3)76-70(73)64-61-58-55-52-49-46-43-40-36-34-32-29-26-23-20-17-14-11-8-5-2/h9,12,18,21-22,25,27,30-31,33,37,39,41,44,67H,4-8,10-11,13-17,19-20,23-24,26,28-29,32,34-36,38,40,42-43,45-66H2,1-3H3/b12-9-,21-18-,25-22-,30-27-,33-31-,39-37-,44-41-. The van der Waals surface area contributed by atoms with E-state index in [1.807, 2.05) is 0 Å². The minimum absolute atomic E-state index is 0.0893. The molecule has 0 aliphatic heterocycles. The number of unbranched alkanes of at least 4 members (excludes halogenated alkanes) is 34. The molecule has 438 valence electrons. The molecule has 0 amide bonds. The minimum atomic E-state index is -0.793. The summed E-state index contributed by atoms with van der Waals surface area (Å²) in [5, 5.41) is 0. The first kappa shape index (κ1) is 72.6. The van der Waals surface area contributed by atoms with Gasteiger partial charge < -0.3 is 14.2 Å². The first-order valence-electron chi connectivity index (χ1n) is 32.6. The van der Waals surface area contributed by atoms with Gasteiger partial charge in [-0.25, -0.2) is 0 Å². The van der Waals surface area contributed by atoms with E-state index >= 15 is 0 Å². The smallest absolute Gasteiger partial charge is 0.306 e. The highest BCUT2D eigenvalue weighted by Gasteiger charge is 2.19. The lowest BCUT2D eigenvalue weighted by molar-refractivity contribution is -0.167. The van der Waals surface area contributed by atoms with Crippen LogP contribution in [0.2, 0.25) is 0 Å². The summed E-state index contributed by atoms with van der Waals surface area (Å²) in [4.78, 5) is 38.4. The Morgan fingerprint density at radius 2 is 0.513 bits per heavy atom. The van der Waals surface area contributed by atoms with Crippen LogP contribution >= 0.6 is 0 Å². The number of hydrogen-bond donors (Lipinski definition) is 0. The Morgan fingerprint density at radius 3 is 0.803 bits per heavy atom. The van der Waals surface area contributed by atoms with Crippen molar-refractivity contribution in [2.45, 2.75) is 329 Å². The molecule has 0 radical (unpaired) electrons. The molecule has 0 fully saturated rings. The fourth-order valence-electron chi connectivity index (χ4n) is 9.27. The maximum absolute atomic E-state index is 12.9. The van der Waals surface area contributed by atoms with E-state index in [9.17, 15) is 14.4 Å². The first-order valence-corrected chi connectivity index (χ1v) is 32.6. The predicted octanol–water partition coefficient (Wildman–Crippen LogP) is 22.3. The van der Waals surface area contributed by atoms with Gasteiger partial charge in [0.2, 0.25) is 0 Å². The van der Waals surface area contributed by atoms with E-state index in [2.05, 4.69) is 106 Å².